The van der Waals surface area contributed by atoms with Crippen LogP contribution in [0.15, 0.2) is 35.7 Å². The van der Waals surface area contributed by atoms with Gasteiger partial charge in [0.15, 0.2) is 0 Å². The van der Waals surface area contributed by atoms with E-state index < -0.39 is 0 Å². The van der Waals surface area contributed by atoms with Crippen LogP contribution >= 0.6 is 11.3 Å². The smallest absolute Gasteiger partial charge is 0.319 e. The first-order valence-corrected chi connectivity index (χ1v) is 12.7. The van der Waals surface area contributed by atoms with Gasteiger partial charge >= 0.3 is 6.01 Å². The van der Waals surface area contributed by atoms with Crippen LogP contribution in [0.5, 0.6) is 6.01 Å². The average molecular weight is 465 g/mol. The Hall–Kier alpha value is -2.55. The minimum Gasteiger partial charge on any atom is -0.461 e. The summed E-state index contributed by atoms with van der Waals surface area (Å²) < 4.78 is 17.7. The summed E-state index contributed by atoms with van der Waals surface area (Å²) in [6, 6.07) is 11.2. The van der Waals surface area contributed by atoms with Gasteiger partial charge in [-0.3, -0.25) is 0 Å². The van der Waals surface area contributed by atoms with Crippen molar-refractivity contribution in [2.45, 2.75) is 50.9 Å². The first-order chi connectivity index (χ1) is 16.2. The molecule has 0 bridgehead atoms. The third kappa shape index (κ3) is 4.35. The summed E-state index contributed by atoms with van der Waals surface area (Å²) in [7, 11) is 0. The second-order valence-electron chi connectivity index (χ2n) is 8.99. The summed E-state index contributed by atoms with van der Waals surface area (Å²) in [6.45, 7) is 5.13. The van der Waals surface area contributed by atoms with Gasteiger partial charge in [-0.15, -0.1) is 11.3 Å². The molecule has 7 nitrogen and oxygen atoms in total. The zero-order valence-electron chi connectivity index (χ0n) is 18.8. The van der Waals surface area contributed by atoms with Crippen LogP contribution in [0.3, 0.4) is 0 Å². The lowest BCUT2D eigenvalue weighted by Gasteiger charge is -2.24. The van der Waals surface area contributed by atoms with Crippen molar-refractivity contribution in [3.8, 4) is 28.0 Å². The number of aryl methyl sites for hydroxylation is 1. The van der Waals surface area contributed by atoms with Crippen molar-refractivity contribution in [2.24, 2.45) is 0 Å². The van der Waals surface area contributed by atoms with Gasteiger partial charge in [0, 0.05) is 36.8 Å². The molecule has 0 saturated carbocycles. The van der Waals surface area contributed by atoms with E-state index in [1.807, 2.05) is 0 Å². The molecule has 0 radical (unpaired) electrons. The minimum absolute atomic E-state index is 0.118. The van der Waals surface area contributed by atoms with Crippen LogP contribution in [-0.2, 0) is 9.47 Å². The lowest BCUT2D eigenvalue weighted by Crippen LogP contribution is -2.32. The van der Waals surface area contributed by atoms with Crippen LogP contribution in [0.4, 0.5) is 5.82 Å². The summed E-state index contributed by atoms with van der Waals surface area (Å²) in [5.74, 6) is 0.896. The lowest BCUT2D eigenvalue weighted by atomic mass is 10.1. The zero-order chi connectivity index (χ0) is 22.2. The van der Waals surface area contributed by atoms with Gasteiger partial charge in [0.2, 0.25) is 0 Å². The third-order valence-corrected chi connectivity index (χ3v) is 7.54. The van der Waals surface area contributed by atoms with E-state index in [9.17, 15) is 0 Å². The summed E-state index contributed by atoms with van der Waals surface area (Å²) in [6.07, 6.45) is 4.58. The number of aromatic nitrogens is 3. The SMILES string of the molecule is Cc1cccc(-c2csc(-c3cc(N4CC[C@H]5OCC[C@H]54)nc(OCC4CCCO4)n3)n2)c1. The number of anilines is 1. The Morgan fingerprint density at radius 3 is 2.91 bits per heavy atom. The highest BCUT2D eigenvalue weighted by molar-refractivity contribution is 7.13. The van der Waals surface area contributed by atoms with E-state index in [1.54, 1.807) is 11.3 Å². The number of hydrogen-bond donors (Lipinski definition) is 0. The molecule has 3 aromatic rings. The molecule has 1 aromatic carbocycles. The molecular weight excluding hydrogens is 436 g/mol. The lowest BCUT2D eigenvalue weighted by molar-refractivity contribution is 0.0646. The number of rotatable bonds is 6. The molecule has 0 N–H and O–H groups in total. The van der Waals surface area contributed by atoms with Crippen LogP contribution in [0.2, 0.25) is 0 Å². The van der Waals surface area contributed by atoms with E-state index in [0.29, 0.717) is 24.8 Å². The predicted octanol–water partition coefficient (Wildman–Crippen LogP) is 4.50. The first kappa shape index (κ1) is 21.0. The number of hydrogen-bond acceptors (Lipinski definition) is 8. The fourth-order valence-electron chi connectivity index (χ4n) is 4.99. The van der Waals surface area contributed by atoms with Crippen molar-refractivity contribution in [1.82, 2.24) is 15.0 Å². The molecular formula is C25H28N4O3S. The molecule has 0 spiro atoms. The van der Waals surface area contributed by atoms with Gasteiger partial charge < -0.3 is 19.1 Å². The van der Waals surface area contributed by atoms with E-state index >= 15 is 0 Å². The first-order valence-electron chi connectivity index (χ1n) is 11.8. The maximum Gasteiger partial charge on any atom is 0.319 e. The topological polar surface area (TPSA) is 69.6 Å². The monoisotopic (exact) mass is 464 g/mol. The normalized spacial score (nSPS) is 24.4. The maximum absolute atomic E-state index is 6.04. The Kier molecular flexibility index (Phi) is 5.73. The van der Waals surface area contributed by atoms with Crippen LogP contribution in [0.1, 0.15) is 31.2 Å². The summed E-state index contributed by atoms with van der Waals surface area (Å²) in [5.41, 5.74) is 4.10. The van der Waals surface area contributed by atoms with Crippen LogP contribution in [0, 0.1) is 6.92 Å². The van der Waals surface area contributed by atoms with Crippen molar-refractivity contribution in [2.75, 3.05) is 31.3 Å². The molecule has 6 rings (SSSR count). The molecule has 0 amide bonds. The number of ether oxygens (including phenoxy) is 3. The predicted molar refractivity (Wildman–Crippen MR) is 128 cm³/mol. The highest BCUT2D eigenvalue weighted by Crippen LogP contribution is 2.36. The molecule has 0 aliphatic carbocycles. The molecule has 5 heterocycles. The third-order valence-electron chi connectivity index (χ3n) is 6.68. The molecule has 2 aromatic heterocycles. The van der Waals surface area contributed by atoms with Gasteiger partial charge in [0.05, 0.1) is 23.9 Å². The molecule has 3 fully saturated rings. The summed E-state index contributed by atoms with van der Waals surface area (Å²) in [4.78, 5) is 16.8. The Morgan fingerprint density at radius 1 is 1.06 bits per heavy atom. The van der Waals surface area contributed by atoms with E-state index in [2.05, 4.69) is 47.5 Å². The van der Waals surface area contributed by atoms with Gasteiger partial charge in [-0.2, -0.15) is 9.97 Å². The van der Waals surface area contributed by atoms with Crippen molar-refractivity contribution in [3.05, 3.63) is 41.3 Å². The standard InChI is InChI=1S/C25H28N4O3S/c1-16-4-2-5-17(12-16)20-15-33-24(26-20)19-13-23(29-9-7-22-21(29)8-11-31-22)28-25(27-19)32-14-18-6-3-10-30-18/h2,4-5,12-13,15,18,21-22H,3,6-11,14H2,1H3/t18?,21-,22-/m1/s1. The van der Waals surface area contributed by atoms with E-state index in [-0.39, 0.29) is 6.10 Å². The van der Waals surface area contributed by atoms with Crippen molar-refractivity contribution < 1.29 is 14.2 Å². The molecule has 3 aliphatic rings. The van der Waals surface area contributed by atoms with Crippen LogP contribution in [0.25, 0.3) is 22.0 Å². The Morgan fingerprint density at radius 2 is 2.03 bits per heavy atom. The molecule has 172 valence electrons. The fraction of sp³-hybridized carbons (Fsp3) is 0.480. The second kappa shape index (κ2) is 9.00. The molecule has 1 unspecified atom stereocenters. The largest absolute Gasteiger partial charge is 0.461 e. The van der Waals surface area contributed by atoms with Gasteiger partial charge in [-0.1, -0.05) is 23.8 Å². The van der Waals surface area contributed by atoms with Gasteiger partial charge in [0.1, 0.15) is 23.1 Å². The van der Waals surface area contributed by atoms with E-state index in [0.717, 1.165) is 73.2 Å². The highest BCUT2D eigenvalue weighted by Gasteiger charge is 2.39. The Bertz CT molecular complexity index is 1130. The number of benzene rings is 1. The minimum atomic E-state index is 0.118. The maximum atomic E-state index is 6.04. The summed E-state index contributed by atoms with van der Waals surface area (Å²) >= 11 is 1.60. The van der Waals surface area contributed by atoms with Gasteiger partial charge in [0.25, 0.3) is 0 Å². The molecule has 33 heavy (non-hydrogen) atoms. The quantitative estimate of drug-likeness (QED) is 0.532. The van der Waals surface area contributed by atoms with Crippen molar-refractivity contribution >= 4 is 17.2 Å². The molecule has 8 heteroatoms. The molecule has 3 atom stereocenters. The highest BCUT2D eigenvalue weighted by atomic mass is 32.1. The number of fused-ring (bicyclic) bond motifs is 1. The van der Waals surface area contributed by atoms with Crippen LogP contribution in [-0.4, -0.2) is 59.6 Å². The van der Waals surface area contributed by atoms with Crippen molar-refractivity contribution in [3.63, 3.8) is 0 Å². The van der Waals surface area contributed by atoms with Crippen molar-refractivity contribution in [1.29, 1.82) is 0 Å². The zero-order valence-corrected chi connectivity index (χ0v) is 19.6. The number of thiazole rings is 1. The average Bonchev–Trinajstić information content (AvgIpc) is 3.62. The Labute approximate surface area is 197 Å². The van der Waals surface area contributed by atoms with E-state index in [4.69, 9.17) is 29.2 Å². The van der Waals surface area contributed by atoms with Gasteiger partial charge in [-0.25, -0.2) is 4.98 Å². The molecule has 3 aliphatic heterocycles. The van der Waals surface area contributed by atoms with Gasteiger partial charge in [-0.05, 0) is 38.7 Å². The van der Waals surface area contributed by atoms with Crippen LogP contribution < -0.4 is 9.64 Å². The second-order valence-corrected chi connectivity index (χ2v) is 9.85. The fourth-order valence-corrected chi connectivity index (χ4v) is 5.78. The molecule has 3 saturated heterocycles. The number of nitrogens with zero attached hydrogens (tertiary/aromatic N) is 4. The van der Waals surface area contributed by atoms with E-state index in [1.165, 1.54) is 5.56 Å². The summed E-state index contributed by atoms with van der Waals surface area (Å²) in [5, 5.41) is 2.96. The Balaban J connectivity index is 1.32.